The quantitative estimate of drug-likeness (QED) is 0.838. The number of carbonyl (C=O) groups excluding carboxylic acids is 1. The maximum Gasteiger partial charge on any atom is 0.271 e. The lowest BCUT2D eigenvalue weighted by molar-refractivity contribution is 0.0728. The van der Waals surface area contributed by atoms with E-state index < -0.39 is 0 Å². The second kappa shape index (κ2) is 3.59. The van der Waals surface area contributed by atoms with Crippen LogP contribution in [0.15, 0.2) is 5.51 Å². The van der Waals surface area contributed by atoms with Crippen LogP contribution in [0, 0.1) is 12.3 Å². The van der Waals surface area contributed by atoms with Gasteiger partial charge in [0.15, 0.2) is 0 Å². The molecule has 0 radical (unpaired) electrons. The zero-order valence-corrected chi connectivity index (χ0v) is 10.1. The van der Waals surface area contributed by atoms with Gasteiger partial charge in [-0.2, -0.15) is 0 Å². The van der Waals surface area contributed by atoms with Crippen LogP contribution in [-0.4, -0.2) is 16.9 Å². The topological polar surface area (TPSA) is 42.0 Å². The minimum absolute atomic E-state index is 0.0217. The Bertz CT molecular complexity index is 384. The highest BCUT2D eigenvalue weighted by atomic mass is 32.1. The van der Waals surface area contributed by atoms with E-state index in [4.69, 9.17) is 0 Å². The van der Waals surface area contributed by atoms with Gasteiger partial charge in [-0.05, 0) is 25.2 Å². The molecule has 0 bridgehead atoms. The van der Waals surface area contributed by atoms with Gasteiger partial charge in [-0.3, -0.25) is 4.79 Å². The highest BCUT2D eigenvalue weighted by molar-refractivity contribution is 7.09. The standard InChI is InChI=1S/C11H16N2OS/c1-7-9(12-6-15-7)10(14)13-8-4-5-11(8,2)3/h6,8H,4-5H2,1-3H3,(H,13,14)/t8-/m1/s1. The van der Waals surface area contributed by atoms with Gasteiger partial charge in [-0.15, -0.1) is 11.3 Å². The number of amides is 1. The summed E-state index contributed by atoms with van der Waals surface area (Å²) in [4.78, 5) is 16.9. The molecule has 1 heterocycles. The Morgan fingerprint density at radius 2 is 2.40 bits per heavy atom. The van der Waals surface area contributed by atoms with E-state index in [0.717, 1.165) is 11.3 Å². The summed E-state index contributed by atoms with van der Waals surface area (Å²) in [6.07, 6.45) is 2.27. The third-order valence-corrected chi connectivity index (χ3v) is 4.04. The molecular weight excluding hydrogens is 208 g/mol. The summed E-state index contributed by atoms with van der Waals surface area (Å²) in [6, 6.07) is 0.311. The van der Waals surface area contributed by atoms with Crippen LogP contribution < -0.4 is 5.32 Å². The van der Waals surface area contributed by atoms with Gasteiger partial charge in [0.1, 0.15) is 5.69 Å². The van der Waals surface area contributed by atoms with Crippen LogP contribution >= 0.6 is 11.3 Å². The van der Waals surface area contributed by atoms with E-state index in [1.54, 1.807) is 5.51 Å². The monoisotopic (exact) mass is 224 g/mol. The van der Waals surface area contributed by atoms with E-state index in [0.29, 0.717) is 11.7 Å². The second-order valence-corrected chi connectivity index (χ2v) is 5.87. The molecule has 3 nitrogen and oxygen atoms in total. The van der Waals surface area contributed by atoms with Crippen molar-refractivity contribution >= 4 is 17.2 Å². The Hall–Kier alpha value is -0.900. The average molecular weight is 224 g/mol. The van der Waals surface area contributed by atoms with Crippen LogP contribution in [0.5, 0.6) is 0 Å². The molecule has 0 aliphatic heterocycles. The van der Waals surface area contributed by atoms with Crippen molar-refractivity contribution in [2.45, 2.75) is 39.7 Å². The Morgan fingerprint density at radius 1 is 1.67 bits per heavy atom. The molecule has 1 atom stereocenters. The van der Waals surface area contributed by atoms with Crippen molar-refractivity contribution < 1.29 is 4.79 Å². The first-order valence-electron chi connectivity index (χ1n) is 5.21. The summed E-state index contributed by atoms with van der Waals surface area (Å²) >= 11 is 1.51. The predicted molar refractivity (Wildman–Crippen MR) is 61.1 cm³/mol. The predicted octanol–water partition coefficient (Wildman–Crippen LogP) is 2.37. The van der Waals surface area contributed by atoms with Crippen LogP contribution in [-0.2, 0) is 0 Å². The first kappa shape index (κ1) is 10.6. The Balaban J connectivity index is 2.02. The van der Waals surface area contributed by atoms with Crippen LogP contribution in [0.1, 0.15) is 42.1 Å². The van der Waals surface area contributed by atoms with Gasteiger partial charge in [0, 0.05) is 10.9 Å². The Kier molecular flexibility index (Phi) is 2.54. The van der Waals surface area contributed by atoms with Crippen molar-refractivity contribution in [3.8, 4) is 0 Å². The Morgan fingerprint density at radius 3 is 2.80 bits per heavy atom. The minimum Gasteiger partial charge on any atom is -0.347 e. The number of hydrogen-bond acceptors (Lipinski definition) is 3. The molecule has 0 aromatic carbocycles. The third kappa shape index (κ3) is 1.91. The molecule has 1 aromatic rings. The van der Waals surface area contributed by atoms with Gasteiger partial charge in [-0.25, -0.2) is 4.98 Å². The lowest BCUT2D eigenvalue weighted by Gasteiger charge is -2.44. The normalized spacial score (nSPS) is 23.3. The summed E-state index contributed by atoms with van der Waals surface area (Å²) in [7, 11) is 0. The van der Waals surface area contributed by atoms with E-state index in [2.05, 4.69) is 24.1 Å². The number of rotatable bonds is 2. The van der Waals surface area contributed by atoms with E-state index in [1.165, 1.54) is 17.8 Å². The first-order chi connectivity index (χ1) is 7.00. The smallest absolute Gasteiger partial charge is 0.271 e. The molecule has 1 amide bonds. The zero-order chi connectivity index (χ0) is 11.1. The molecule has 82 valence electrons. The van der Waals surface area contributed by atoms with Crippen molar-refractivity contribution in [2.24, 2.45) is 5.41 Å². The molecule has 1 fully saturated rings. The van der Waals surface area contributed by atoms with E-state index >= 15 is 0 Å². The van der Waals surface area contributed by atoms with Crippen molar-refractivity contribution in [2.75, 3.05) is 0 Å². The van der Waals surface area contributed by atoms with Crippen molar-refractivity contribution in [3.05, 3.63) is 16.1 Å². The van der Waals surface area contributed by atoms with Gasteiger partial charge >= 0.3 is 0 Å². The molecule has 1 N–H and O–H groups in total. The fraction of sp³-hybridized carbons (Fsp3) is 0.636. The molecule has 1 aromatic heterocycles. The molecule has 0 spiro atoms. The van der Waals surface area contributed by atoms with E-state index in [1.807, 2.05) is 6.92 Å². The molecule has 0 saturated heterocycles. The summed E-state index contributed by atoms with van der Waals surface area (Å²) in [5, 5.41) is 3.06. The van der Waals surface area contributed by atoms with Gasteiger partial charge in [0.2, 0.25) is 0 Å². The largest absolute Gasteiger partial charge is 0.347 e. The van der Waals surface area contributed by atoms with Gasteiger partial charge in [-0.1, -0.05) is 13.8 Å². The average Bonchev–Trinajstić information content (AvgIpc) is 2.59. The molecule has 2 rings (SSSR count). The summed E-state index contributed by atoms with van der Waals surface area (Å²) < 4.78 is 0. The van der Waals surface area contributed by atoms with Crippen molar-refractivity contribution in [1.82, 2.24) is 10.3 Å². The van der Waals surface area contributed by atoms with Gasteiger partial charge in [0.25, 0.3) is 5.91 Å². The van der Waals surface area contributed by atoms with Crippen LogP contribution in [0.25, 0.3) is 0 Å². The Labute approximate surface area is 93.9 Å². The van der Waals surface area contributed by atoms with Crippen LogP contribution in [0.4, 0.5) is 0 Å². The molecule has 4 heteroatoms. The molecule has 1 saturated carbocycles. The molecular formula is C11H16N2OS. The number of hydrogen-bond donors (Lipinski definition) is 1. The number of nitrogens with zero attached hydrogens (tertiary/aromatic N) is 1. The fourth-order valence-electron chi connectivity index (χ4n) is 1.88. The van der Waals surface area contributed by atoms with Crippen molar-refractivity contribution in [1.29, 1.82) is 0 Å². The highest BCUT2D eigenvalue weighted by Gasteiger charge is 2.39. The SMILES string of the molecule is Cc1scnc1C(=O)N[C@@H]1CCC1(C)C. The number of carbonyl (C=O) groups is 1. The highest BCUT2D eigenvalue weighted by Crippen LogP contribution is 2.40. The maximum absolute atomic E-state index is 11.9. The summed E-state index contributed by atoms with van der Waals surface area (Å²) in [5.41, 5.74) is 2.55. The minimum atomic E-state index is -0.0217. The lowest BCUT2D eigenvalue weighted by atomic mass is 9.67. The number of aryl methyl sites for hydroxylation is 1. The van der Waals surface area contributed by atoms with Gasteiger partial charge < -0.3 is 5.32 Å². The second-order valence-electron chi connectivity index (χ2n) is 4.81. The maximum atomic E-state index is 11.9. The van der Waals surface area contributed by atoms with Gasteiger partial charge in [0.05, 0.1) is 5.51 Å². The third-order valence-electron chi connectivity index (χ3n) is 3.29. The fourth-order valence-corrected chi connectivity index (χ4v) is 2.46. The van der Waals surface area contributed by atoms with Crippen LogP contribution in [0.3, 0.4) is 0 Å². The molecule has 15 heavy (non-hydrogen) atoms. The number of nitrogens with one attached hydrogen (secondary N) is 1. The van der Waals surface area contributed by atoms with Crippen molar-refractivity contribution in [3.63, 3.8) is 0 Å². The molecule has 1 aliphatic carbocycles. The number of thiazole rings is 1. The lowest BCUT2D eigenvalue weighted by Crippen LogP contribution is -2.52. The summed E-state index contributed by atoms with van der Waals surface area (Å²) in [6.45, 7) is 6.31. The van der Waals surface area contributed by atoms with E-state index in [-0.39, 0.29) is 11.3 Å². The van der Waals surface area contributed by atoms with E-state index in [9.17, 15) is 4.79 Å². The number of aromatic nitrogens is 1. The first-order valence-corrected chi connectivity index (χ1v) is 6.09. The zero-order valence-electron chi connectivity index (χ0n) is 9.33. The molecule has 1 aliphatic rings. The molecule has 0 unspecified atom stereocenters. The van der Waals surface area contributed by atoms with Crippen LogP contribution in [0.2, 0.25) is 0 Å². The summed E-state index contributed by atoms with van der Waals surface area (Å²) in [5.74, 6) is -0.0217.